The molecule has 3 heterocycles. The molecular weight excluding hydrogens is 510 g/mol. The number of benzene rings is 2. The van der Waals surface area contributed by atoms with Crippen LogP contribution in [-0.4, -0.2) is 66.0 Å². The molecule has 5 rings (SSSR count). The predicted octanol–water partition coefficient (Wildman–Crippen LogP) is 4.39. The van der Waals surface area contributed by atoms with Crippen molar-refractivity contribution in [3.63, 3.8) is 0 Å². The van der Waals surface area contributed by atoms with E-state index in [-0.39, 0.29) is 0 Å². The van der Waals surface area contributed by atoms with Crippen LogP contribution in [0.15, 0.2) is 54.7 Å². The van der Waals surface area contributed by atoms with Gasteiger partial charge in [-0.1, -0.05) is 29.5 Å². The molecule has 0 unspecified atom stereocenters. The summed E-state index contributed by atoms with van der Waals surface area (Å²) in [5, 5.41) is 3.53. The van der Waals surface area contributed by atoms with Gasteiger partial charge in [-0.05, 0) is 62.0 Å². The number of primary amides is 1. The lowest BCUT2D eigenvalue weighted by Gasteiger charge is -2.34. The molecule has 198 valence electrons. The average molecular weight is 540 g/mol. The molecule has 0 atom stereocenters. The highest BCUT2D eigenvalue weighted by Gasteiger charge is 2.20. The molecule has 0 bridgehead atoms. The SMILES string of the molecule is CNc1ncc(C#Cc2ccc(N3CCN(C)CC3)cc2)c(-c2cc(C(N)=O)c(-c3cc(Cl)ccc3C)[nH]2)n1. The monoisotopic (exact) mass is 539 g/mol. The molecule has 1 aliphatic heterocycles. The molecule has 0 spiro atoms. The number of nitrogens with zero attached hydrogens (tertiary/aromatic N) is 4. The van der Waals surface area contributed by atoms with Gasteiger partial charge >= 0.3 is 0 Å². The zero-order valence-electron chi connectivity index (χ0n) is 22.2. The molecule has 1 amide bonds. The van der Waals surface area contributed by atoms with E-state index in [4.69, 9.17) is 17.3 Å². The van der Waals surface area contributed by atoms with Gasteiger partial charge in [0.05, 0.1) is 22.5 Å². The van der Waals surface area contributed by atoms with E-state index in [1.54, 1.807) is 19.3 Å². The number of H-pyrrole nitrogens is 1. The van der Waals surface area contributed by atoms with E-state index in [0.29, 0.717) is 39.2 Å². The predicted molar refractivity (Wildman–Crippen MR) is 157 cm³/mol. The van der Waals surface area contributed by atoms with Gasteiger partial charge in [-0.25, -0.2) is 9.97 Å². The average Bonchev–Trinajstić information content (AvgIpc) is 3.39. The van der Waals surface area contributed by atoms with Gasteiger partial charge in [-0.15, -0.1) is 0 Å². The number of rotatable bonds is 5. The molecule has 1 saturated heterocycles. The number of carbonyl (C=O) groups is 1. The van der Waals surface area contributed by atoms with Crippen molar-refractivity contribution in [2.45, 2.75) is 6.92 Å². The van der Waals surface area contributed by atoms with Gasteiger partial charge < -0.3 is 25.8 Å². The number of anilines is 2. The minimum atomic E-state index is -0.553. The Balaban J connectivity index is 1.51. The molecule has 0 saturated carbocycles. The number of hydrogen-bond donors (Lipinski definition) is 3. The Bertz CT molecular complexity index is 1580. The van der Waals surface area contributed by atoms with E-state index < -0.39 is 5.91 Å². The Morgan fingerprint density at radius 3 is 2.51 bits per heavy atom. The lowest BCUT2D eigenvalue weighted by molar-refractivity contribution is 0.100. The quantitative estimate of drug-likeness (QED) is 0.325. The molecule has 4 aromatic rings. The number of amides is 1. The first-order valence-electron chi connectivity index (χ1n) is 12.7. The summed E-state index contributed by atoms with van der Waals surface area (Å²) >= 11 is 6.26. The normalized spacial score (nSPS) is 13.6. The molecule has 8 nitrogen and oxygen atoms in total. The summed E-state index contributed by atoms with van der Waals surface area (Å²) in [6, 6.07) is 15.5. The van der Waals surface area contributed by atoms with Gasteiger partial charge in [-0.2, -0.15) is 0 Å². The largest absolute Gasteiger partial charge is 0.369 e. The number of aromatic nitrogens is 3. The number of likely N-dealkylation sites (N-methyl/N-ethyl adjacent to an activating group) is 1. The van der Waals surface area contributed by atoms with Crippen LogP contribution in [0.5, 0.6) is 0 Å². The number of halogens is 1. The first-order chi connectivity index (χ1) is 18.8. The highest BCUT2D eigenvalue weighted by Crippen LogP contribution is 2.33. The summed E-state index contributed by atoms with van der Waals surface area (Å²) in [4.78, 5) is 29.5. The van der Waals surface area contributed by atoms with Crippen LogP contribution in [0.4, 0.5) is 11.6 Å². The van der Waals surface area contributed by atoms with Crippen molar-refractivity contribution in [1.29, 1.82) is 0 Å². The zero-order chi connectivity index (χ0) is 27.5. The fourth-order valence-corrected chi connectivity index (χ4v) is 4.78. The van der Waals surface area contributed by atoms with Gasteiger partial charge in [0.15, 0.2) is 0 Å². The van der Waals surface area contributed by atoms with E-state index in [9.17, 15) is 4.79 Å². The second-order valence-electron chi connectivity index (χ2n) is 9.59. The molecule has 2 aromatic carbocycles. The lowest BCUT2D eigenvalue weighted by Crippen LogP contribution is -2.44. The van der Waals surface area contributed by atoms with Crippen LogP contribution in [0.1, 0.15) is 27.0 Å². The molecule has 0 aliphatic carbocycles. The van der Waals surface area contributed by atoms with Gasteiger partial charge in [0.1, 0.15) is 5.69 Å². The first kappa shape index (κ1) is 26.3. The number of hydrogen-bond acceptors (Lipinski definition) is 6. The smallest absolute Gasteiger partial charge is 0.250 e. The Kier molecular flexibility index (Phi) is 7.55. The number of aryl methyl sites for hydroxylation is 1. The van der Waals surface area contributed by atoms with Crippen molar-refractivity contribution >= 4 is 29.1 Å². The maximum Gasteiger partial charge on any atom is 0.250 e. The fraction of sp³-hybridized carbons (Fsp3) is 0.233. The van der Waals surface area contributed by atoms with Crippen molar-refractivity contribution in [3.05, 3.63) is 82.0 Å². The Hall–Kier alpha value is -4.32. The van der Waals surface area contributed by atoms with Crippen LogP contribution in [0, 0.1) is 18.8 Å². The maximum absolute atomic E-state index is 12.4. The van der Waals surface area contributed by atoms with E-state index in [1.165, 1.54) is 5.69 Å². The van der Waals surface area contributed by atoms with Gasteiger partial charge in [0.25, 0.3) is 5.91 Å². The Morgan fingerprint density at radius 1 is 1.08 bits per heavy atom. The molecule has 1 aliphatic rings. The third-order valence-corrected chi connectivity index (χ3v) is 7.13. The molecule has 39 heavy (non-hydrogen) atoms. The fourth-order valence-electron chi connectivity index (χ4n) is 4.61. The highest BCUT2D eigenvalue weighted by molar-refractivity contribution is 6.31. The summed E-state index contributed by atoms with van der Waals surface area (Å²) < 4.78 is 0. The number of aromatic amines is 1. The van der Waals surface area contributed by atoms with E-state index in [0.717, 1.165) is 42.9 Å². The van der Waals surface area contributed by atoms with Crippen LogP contribution in [0.25, 0.3) is 22.6 Å². The maximum atomic E-state index is 12.4. The third-order valence-electron chi connectivity index (χ3n) is 6.90. The summed E-state index contributed by atoms with van der Waals surface area (Å²) in [5.74, 6) is 6.34. The minimum Gasteiger partial charge on any atom is -0.369 e. The zero-order valence-corrected chi connectivity index (χ0v) is 22.9. The number of nitrogens with one attached hydrogen (secondary N) is 2. The van der Waals surface area contributed by atoms with Crippen molar-refractivity contribution < 1.29 is 4.79 Å². The molecule has 9 heteroatoms. The molecule has 4 N–H and O–H groups in total. The van der Waals surface area contributed by atoms with Crippen LogP contribution < -0.4 is 16.0 Å². The summed E-state index contributed by atoms with van der Waals surface area (Å²) in [6.07, 6.45) is 1.68. The van der Waals surface area contributed by atoms with Crippen LogP contribution >= 0.6 is 11.6 Å². The Labute approximate surface area is 233 Å². The summed E-state index contributed by atoms with van der Waals surface area (Å²) in [6.45, 7) is 6.09. The van der Waals surface area contributed by atoms with Crippen LogP contribution in [-0.2, 0) is 0 Å². The number of piperazine rings is 1. The standard InChI is InChI=1S/C30H30ClN7O/c1-19-4-9-22(31)16-24(19)28-25(29(32)39)17-26(35-28)27-21(18-34-30(33-2)36-27)8-5-20-6-10-23(11-7-20)38-14-12-37(3)13-15-38/h4,6-7,9-11,16-18,35H,12-15H2,1-3H3,(H2,32,39)(H,33,34,36). The minimum absolute atomic E-state index is 0.346. The van der Waals surface area contributed by atoms with E-state index in [1.807, 2.05) is 37.3 Å². The van der Waals surface area contributed by atoms with E-state index in [2.05, 4.69) is 61.1 Å². The number of nitrogens with two attached hydrogens (primary N) is 1. The lowest BCUT2D eigenvalue weighted by atomic mass is 10.0. The Morgan fingerprint density at radius 2 is 1.82 bits per heavy atom. The second kappa shape index (κ2) is 11.2. The second-order valence-corrected chi connectivity index (χ2v) is 10.0. The molecule has 0 radical (unpaired) electrons. The van der Waals surface area contributed by atoms with Crippen molar-refractivity contribution in [2.24, 2.45) is 5.73 Å². The van der Waals surface area contributed by atoms with Gasteiger partial charge in [0.2, 0.25) is 5.95 Å². The molecule has 2 aromatic heterocycles. The number of carbonyl (C=O) groups excluding carboxylic acids is 1. The highest BCUT2D eigenvalue weighted by atomic mass is 35.5. The van der Waals surface area contributed by atoms with Gasteiger partial charge in [0, 0.05) is 61.3 Å². The summed E-state index contributed by atoms with van der Waals surface area (Å²) in [5.41, 5.74) is 12.3. The first-order valence-corrected chi connectivity index (χ1v) is 13.1. The van der Waals surface area contributed by atoms with Crippen molar-refractivity contribution in [2.75, 3.05) is 50.5 Å². The van der Waals surface area contributed by atoms with Crippen molar-refractivity contribution in [1.82, 2.24) is 19.9 Å². The van der Waals surface area contributed by atoms with Gasteiger partial charge in [-0.3, -0.25) is 4.79 Å². The molecule has 1 fully saturated rings. The third kappa shape index (κ3) is 5.75. The summed E-state index contributed by atoms with van der Waals surface area (Å²) in [7, 11) is 3.90. The van der Waals surface area contributed by atoms with Crippen molar-refractivity contribution in [3.8, 4) is 34.5 Å². The van der Waals surface area contributed by atoms with Crippen LogP contribution in [0.2, 0.25) is 5.02 Å². The topological polar surface area (TPSA) is 103 Å². The van der Waals surface area contributed by atoms with Crippen LogP contribution in [0.3, 0.4) is 0 Å². The van der Waals surface area contributed by atoms with E-state index >= 15 is 0 Å². The molecular formula is C30H30ClN7O.